The molecule has 1 heterocycles. The molecule has 196 valence electrons. The fourth-order valence-electron chi connectivity index (χ4n) is 4.80. The Hall–Kier alpha value is -3.47. The molecule has 1 aliphatic heterocycles. The number of benzene rings is 3. The second-order valence-corrected chi connectivity index (χ2v) is 9.50. The average Bonchev–Trinajstić information content (AvgIpc) is 2.92. The van der Waals surface area contributed by atoms with E-state index in [1.165, 1.54) is 38.5 Å². The zero-order valence-electron chi connectivity index (χ0n) is 22.0. The Labute approximate surface area is 220 Å². The van der Waals surface area contributed by atoms with Crippen molar-refractivity contribution in [3.05, 3.63) is 77.4 Å². The lowest BCUT2D eigenvalue weighted by Gasteiger charge is -2.30. The molecular formula is C32H38O5. The number of carbonyl (C=O) groups is 1. The summed E-state index contributed by atoms with van der Waals surface area (Å²) in [6, 6.07) is 19.7. The van der Waals surface area contributed by atoms with Crippen LogP contribution in [0.15, 0.2) is 60.7 Å². The highest BCUT2D eigenvalue weighted by atomic mass is 16.5. The number of fused-ring (bicyclic) bond motifs is 2. The number of hydrogen-bond acceptors (Lipinski definition) is 5. The van der Waals surface area contributed by atoms with Gasteiger partial charge in [0.15, 0.2) is 0 Å². The molecule has 0 fully saturated rings. The van der Waals surface area contributed by atoms with E-state index in [9.17, 15) is 4.79 Å². The van der Waals surface area contributed by atoms with Crippen molar-refractivity contribution in [1.82, 2.24) is 0 Å². The van der Waals surface area contributed by atoms with Crippen LogP contribution >= 0.6 is 0 Å². The summed E-state index contributed by atoms with van der Waals surface area (Å²) in [6.07, 6.45) is 9.25. The molecule has 0 unspecified atom stereocenters. The number of carbonyl (C=O) groups excluding carboxylic acids is 1. The first-order valence-corrected chi connectivity index (χ1v) is 13.7. The molecule has 0 spiro atoms. The molecule has 0 saturated heterocycles. The minimum absolute atomic E-state index is 0.160. The Bertz CT molecular complexity index is 1090. The van der Waals surface area contributed by atoms with Gasteiger partial charge in [-0.2, -0.15) is 0 Å². The lowest BCUT2D eigenvalue weighted by Crippen LogP contribution is -2.13. The van der Waals surface area contributed by atoms with Crippen LogP contribution in [0.1, 0.15) is 87.8 Å². The molecule has 0 amide bonds. The average molecular weight is 503 g/mol. The van der Waals surface area contributed by atoms with Crippen LogP contribution in [0.3, 0.4) is 0 Å². The van der Waals surface area contributed by atoms with Gasteiger partial charge in [-0.1, -0.05) is 82.7 Å². The molecule has 0 aliphatic carbocycles. The van der Waals surface area contributed by atoms with E-state index in [1.807, 2.05) is 48.5 Å². The van der Waals surface area contributed by atoms with Gasteiger partial charge in [-0.05, 0) is 31.0 Å². The summed E-state index contributed by atoms with van der Waals surface area (Å²) in [5.41, 5.74) is 2.91. The van der Waals surface area contributed by atoms with Crippen LogP contribution in [0.2, 0.25) is 0 Å². The maximum absolute atomic E-state index is 11.2. The van der Waals surface area contributed by atoms with E-state index in [-0.39, 0.29) is 5.92 Å². The van der Waals surface area contributed by atoms with E-state index in [0.29, 0.717) is 25.4 Å². The van der Waals surface area contributed by atoms with Crippen LogP contribution in [0.25, 0.3) is 0 Å². The number of unbranched alkanes of at least 4 members (excludes halogenated alkanes) is 6. The Morgan fingerprint density at radius 2 is 1.27 bits per heavy atom. The first kappa shape index (κ1) is 26.6. The third-order valence-corrected chi connectivity index (χ3v) is 6.75. The van der Waals surface area contributed by atoms with Crippen molar-refractivity contribution < 1.29 is 23.7 Å². The van der Waals surface area contributed by atoms with Crippen LogP contribution in [0, 0.1) is 0 Å². The molecule has 4 rings (SSSR count). The van der Waals surface area contributed by atoms with Crippen LogP contribution in [-0.2, 0) is 4.79 Å². The van der Waals surface area contributed by atoms with Crippen molar-refractivity contribution in [2.45, 2.75) is 71.1 Å². The second-order valence-electron chi connectivity index (χ2n) is 9.50. The first-order chi connectivity index (χ1) is 18.2. The normalized spacial score (nSPS) is 12.3. The van der Waals surface area contributed by atoms with Crippen molar-refractivity contribution in [1.29, 1.82) is 0 Å². The molecule has 3 aromatic carbocycles. The van der Waals surface area contributed by atoms with Crippen LogP contribution < -0.4 is 18.9 Å². The van der Waals surface area contributed by atoms with Gasteiger partial charge in [0, 0.05) is 34.7 Å². The van der Waals surface area contributed by atoms with E-state index < -0.39 is 0 Å². The molecular weight excluding hydrogens is 464 g/mol. The SMILES string of the molecule is CCCCCCOc1ccc2c(c1)Oc1cc(OCCCCCC)ccc1C2c1ccccc1OC=O. The van der Waals surface area contributed by atoms with Gasteiger partial charge in [0.2, 0.25) is 0 Å². The van der Waals surface area contributed by atoms with Gasteiger partial charge in [0.05, 0.1) is 13.2 Å². The molecule has 0 N–H and O–H groups in total. The van der Waals surface area contributed by atoms with Gasteiger partial charge in [-0.15, -0.1) is 0 Å². The minimum Gasteiger partial charge on any atom is -0.493 e. The summed E-state index contributed by atoms with van der Waals surface area (Å²) >= 11 is 0. The molecule has 37 heavy (non-hydrogen) atoms. The molecule has 3 aromatic rings. The molecule has 0 radical (unpaired) electrons. The highest BCUT2D eigenvalue weighted by molar-refractivity contribution is 5.63. The third-order valence-electron chi connectivity index (χ3n) is 6.75. The summed E-state index contributed by atoms with van der Waals surface area (Å²) in [4.78, 5) is 11.2. The van der Waals surface area contributed by atoms with Gasteiger partial charge in [0.25, 0.3) is 6.47 Å². The monoisotopic (exact) mass is 502 g/mol. The maximum atomic E-state index is 11.2. The molecule has 0 bridgehead atoms. The van der Waals surface area contributed by atoms with E-state index in [0.717, 1.165) is 52.5 Å². The van der Waals surface area contributed by atoms with Gasteiger partial charge in [-0.3, -0.25) is 4.79 Å². The Morgan fingerprint density at radius 1 is 0.703 bits per heavy atom. The number of ether oxygens (including phenoxy) is 4. The number of hydrogen-bond donors (Lipinski definition) is 0. The number of para-hydroxylation sites is 1. The van der Waals surface area contributed by atoms with Crippen molar-refractivity contribution in [2.24, 2.45) is 0 Å². The van der Waals surface area contributed by atoms with Crippen LogP contribution in [0.4, 0.5) is 0 Å². The van der Waals surface area contributed by atoms with E-state index in [2.05, 4.69) is 26.0 Å². The Kier molecular flexibility index (Phi) is 9.87. The summed E-state index contributed by atoms with van der Waals surface area (Å²) in [6.45, 7) is 6.26. The predicted molar refractivity (Wildman–Crippen MR) is 146 cm³/mol. The topological polar surface area (TPSA) is 54.0 Å². The van der Waals surface area contributed by atoms with Crippen molar-refractivity contribution in [3.63, 3.8) is 0 Å². The highest BCUT2D eigenvalue weighted by Gasteiger charge is 2.31. The van der Waals surface area contributed by atoms with E-state index in [1.54, 1.807) is 0 Å². The van der Waals surface area contributed by atoms with Crippen molar-refractivity contribution in [3.8, 4) is 28.7 Å². The Morgan fingerprint density at radius 3 is 1.81 bits per heavy atom. The zero-order valence-corrected chi connectivity index (χ0v) is 22.0. The third kappa shape index (κ3) is 6.85. The molecule has 0 saturated carbocycles. The fraction of sp³-hybridized carbons (Fsp3) is 0.406. The van der Waals surface area contributed by atoms with Gasteiger partial charge in [-0.25, -0.2) is 0 Å². The van der Waals surface area contributed by atoms with Crippen molar-refractivity contribution in [2.75, 3.05) is 13.2 Å². The quantitative estimate of drug-likeness (QED) is 0.121. The van der Waals surface area contributed by atoms with Crippen LogP contribution in [0.5, 0.6) is 28.7 Å². The smallest absolute Gasteiger partial charge is 0.298 e. The molecule has 0 aromatic heterocycles. The lowest BCUT2D eigenvalue weighted by molar-refractivity contribution is -0.120. The lowest BCUT2D eigenvalue weighted by atomic mass is 9.82. The maximum Gasteiger partial charge on any atom is 0.298 e. The fourth-order valence-corrected chi connectivity index (χ4v) is 4.80. The van der Waals surface area contributed by atoms with E-state index >= 15 is 0 Å². The summed E-state index contributed by atoms with van der Waals surface area (Å²) < 4.78 is 23.9. The number of rotatable bonds is 15. The van der Waals surface area contributed by atoms with Gasteiger partial charge < -0.3 is 18.9 Å². The predicted octanol–water partition coefficient (Wildman–Crippen LogP) is 8.43. The second kappa shape index (κ2) is 13.7. The molecule has 5 heteroatoms. The summed E-state index contributed by atoms with van der Waals surface area (Å²) in [5, 5.41) is 0. The molecule has 5 nitrogen and oxygen atoms in total. The van der Waals surface area contributed by atoms with Gasteiger partial charge in [0.1, 0.15) is 28.7 Å². The molecule has 1 aliphatic rings. The minimum atomic E-state index is -0.160. The summed E-state index contributed by atoms with van der Waals surface area (Å²) in [5.74, 6) is 3.44. The zero-order chi connectivity index (χ0) is 25.9. The standard InChI is InChI=1S/C32H38O5/c1-3-5-7-11-19-34-24-15-17-27-30(21-24)37-31-22-25(35-20-12-8-6-4-2)16-18-28(31)32(27)26-13-9-10-14-29(26)36-23-33/h9-10,13-18,21-23,32H,3-8,11-12,19-20H2,1-2H3. The van der Waals surface area contributed by atoms with E-state index in [4.69, 9.17) is 18.9 Å². The highest BCUT2D eigenvalue weighted by Crippen LogP contribution is 2.50. The first-order valence-electron chi connectivity index (χ1n) is 13.7. The molecule has 0 atom stereocenters. The summed E-state index contributed by atoms with van der Waals surface area (Å²) in [7, 11) is 0. The Balaban J connectivity index is 1.63. The van der Waals surface area contributed by atoms with Crippen molar-refractivity contribution >= 4 is 6.47 Å². The van der Waals surface area contributed by atoms with Gasteiger partial charge >= 0.3 is 0 Å². The van der Waals surface area contributed by atoms with Crippen LogP contribution in [-0.4, -0.2) is 19.7 Å². The largest absolute Gasteiger partial charge is 0.493 e.